The Bertz CT molecular complexity index is 907. The number of hydrogen-bond donors (Lipinski definition) is 1. The van der Waals surface area contributed by atoms with Gasteiger partial charge in [0.1, 0.15) is 17.2 Å². The topological polar surface area (TPSA) is 43.3 Å². The third-order valence-corrected chi connectivity index (χ3v) is 3.58. The van der Waals surface area contributed by atoms with Gasteiger partial charge in [-0.25, -0.2) is 4.98 Å². The predicted molar refractivity (Wildman–Crippen MR) is 82.5 cm³/mol. The van der Waals surface area contributed by atoms with Crippen molar-refractivity contribution in [3.05, 3.63) is 66.7 Å². The molecule has 0 radical (unpaired) electrons. The van der Waals surface area contributed by atoms with Crippen LogP contribution in [0, 0.1) is 0 Å². The molecule has 3 nitrogen and oxygen atoms in total. The highest BCUT2D eigenvalue weighted by Crippen LogP contribution is 2.29. The smallest absolute Gasteiger partial charge is 0.139 e. The third-order valence-electron chi connectivity index (χ3n) is 3.58. The minimum absolute atomic E-state index is 0.683. The number of pyridine rings is 1. The lowest BCUT2D eigenvalue weighted by Crippen LogP contribution is -1.95. The van der Waals surface area contributed by atoms with Crippen LogP contribution in [0.5, 0.6) is 0 Å². The summed E-state index contributed by atoms with van der Waals surface area (Å²) in [6, 6.07) is 22.3. The van der Waals surface area contributed by atoms with E-state index >= 15 is 0 Å². The van der Waals surface area contributed by atoms with Gasteiger partial charge in [-0.1, -0.05) is 48.5 Å². The Hall–Kier alpha value is -2.81. The Morgan fingerprint density at radius 3 is 2.40 bits per heavy atom. The molecule has 0 bridgehead atoms. The molecule has 2 heterocycles. The summed E-state index contributed by atoms with van der Waals surface area (Å²) in [5.41, 5.74) is 10.2. The van der Waals surface area contributed by atoms with Gasteiger partial charge in [-0.3, -0.25) is 4.40 Å². The summed E-state index contributed by atoms with van der Waals surface area (Å²) < 4.78 is 2.01. The summed E-state index contributed by atoms with van der Waals surface area (Å²) in [4.78, 5) is 4.67. The van der Waals surface area contributed by atoms with E-state index in [4.69, 9.17) is 5.73 Å². The van der Waals surface area contributed by atoms with E-state index in [1.165, 1.54) is 0 Å². The number of nitrogens with two attached hydrogens (primary N) is 1. The number of nitrogens with zero attached hydrogens (tertiary/aromatic N) is 2. The molecule has 0 aliphatic heterocycles. The molecule has 3 heteroatoms. The molecule has 4 aromatic rings. The van der Waals surface area contributed by atoms with Gasteiger partial charge in [0.25, 0.3) is 0 Å². The molecule has 4 rings (SSSR count). The second-order valence-electron chi connectivity index (χ2n) is 4.80. The molecule has 0 aliphatic carbocycles. The van der Waals surface area contributed by atoms with Gasteiger partial charge in [-0.05, 0) is 23.6 Å². The SMILES string of the molecule is Nc1c(-c2ccccc2)nc2ccc3ccccc3n12. The molecule has 0 saturated heterocycles. The Balaban J connectivity index is 2.11. The molecule has 20 heavy (non-hydrogen) atoms. The molecular formula is C17H13N3. The van der Waals surface area contributed by atoms with Gasteiger partial charge in [-0.15, -0.1) is 0 Å². The molecular weight excluding hydrogens is 246 g/mol. The number of anilines is 1. The van der Waals surface area contributed by atoms with Crippen molar-refractivity contribution >= 4 is 22.4 Å². The number of para-hydroxylation sites is 1. The van der Waals surface area contributed by atoms with Crippen LogP contribution in [0.4, 0.5) is 5.82 Å². The van der Waals surface area contributed by atoms with Gasteiger partial charge in [-0.2, -0.15) is 0 Å². The normalized spacial score (nSPS) is 11.2. The average Bonchev–Trinajstić information content (AvgIpc) is 2.86. The first kappa shape index (κ1) is 11.1. The minimum atomic E-state index is 0.683. The Labute approximate surface area is 116 Å². The molecule has 0 atom stereocenters. The van der Waals surface area contributed by atoms with Crippen LogP contribution in [0.25, 0.3) is 27.8 Å². The van der Waals surface area contributed by atoms with Gasteiger partial charge >= 0.3 is 0 Å². The molecule has 0 saturated carbocycles. The Morgan fingerprint density at radius 1 is 0.800 bits per heavy atom. The van der Waals surface area contributed by atoms with Crippen LogP contribution in [0.1, 0.15) is 0 Å². The lowest BCUT2D eigenvalue weighted by Gasteiger charge is -2.03. The molecule has 96 valence electrons. The Kier molecular flexibility index (Phi) is 2.27. The van der Waals surface area contributed by atoms with Crippen LogP contribution in [0.2, 0.25) is 0 Å². The fraction of sp³-hybridized carbons (Fsp3) is 0. The molecule has 2 aromatic heterocycles. The summed E-state index contributed by atoms with van der Waals surface area (Å²) in [5, 5.41) is 1.16. The van der Waals surface area contributed by atoms with Gasteiger partial charge in [0, 0.05) is 5.56 Å². The van der Waals surface area contributed by atoms with E-state index in [1.807, 2.05) is 52.9 Å². The third kappa shape index (κ3) is 1.50. The van der Waals surface area contributed by atoms with E-state index in [0.717, 1.165) is 27.8 Å². The van der Waals surface area contributed by atoms with Crippen LogP contribution >= 0.6 is 0 Å². The maximum Gasteiger partial charge on any atom is 0.139 e. The van der Waals surface area contributed by atoms with E-state index < -0.39 is 0 Å². The van der Waals surface area contributed by atoms with Crippen molar-refractivity contribution in [3.8, 4) is 11.3 Å². The lowest BCUT2D eigenvalue weighted by molar-refractivity contribution is 1.26. The number of benzene rings is 2. The largest absolute Gasteiger partial charge is 0.383 e. The van der Waals surface area contributed by atoms with Crippen molar-refractivity contribution in [2.75, 3.05) is 5.73 Å². The van der Waals surface area contributed by atoms with Crippen molar-refractivity contribution in [1.29, 1.82) is 0 Å². The highest BCUT2D eigenvalue weighted by atomic mass is 15.1. The number of aromatic nitrogens is 2. The van der Waals surface area contributed by atoms with Crippen molar-refractivity contribution in [3.63, 3.8) is 0 Å². The van der Waals surface area contributed by atoms with Gasteiger partial charge in [0.15, 0.2) is 0 Å². The maximum absolute atomic E-state index is 6.34. The highest BCUT2D eigenvalue weighted by Gasteiger charge is 2.12. The van der Waals surface area contributed by atoms with E-state index in [1.54, 1.807) is 0 Å². The molecule has 0 spiro atoms. The van der Waals surface area contributed by atoms with Gasteiger partial charge in [0.2, 0.25) is 0 Å². The molecule has 2 aromatic carbocycles. The maximum atomic E-state index is 6.34. The first-order valence-corrected chi connectivity index (χ1v) is 6.56. The van der Waals surface area contributed by atoms with Crippen LogP contribution in [-0.4, -0.2) is 9.38 Å². The zero-order chi connectivity index (χ0) is 13.5. The summed E-state index contributed by atoms with van der Waals surface area (Å²) in [6.45, 7) is 0. The second-order valence-corrected chi connectivity index (χ2v) is 4.80. The first-order valence-electron chi connectivity index (χ1n) is 6.56. The number of fused-ring (bicyclic) bond motifs is 3. The minimum Gasteiger partial charge on any atom is -0.383 e. The molecule has 0 fully saturated rings. The predicted octanol–water partition coefficient (Wildman–Crippen LogP) is 3.74. The monoisotopic (exact) mass is 259 g/mol. The van der Waals surface area contributed by atoms with E-state index in [9.17, 15) is 0 Å². The van der Waals surface area contributed by atoms with Crippen molar-refractivity contribution in [2.45, 2.75) is 0 Å². The second kappa shape index (κ2) is 4.10. The highest BCUT2D eigenvalue weighted by molar-refractivity contribution is 5.87. The average molecular weight is 259 g/mol. The molecule has 0 amide bonds. The molecule has 2 N–H and O–H groups in total. The van der Waals surface area contributed by atoms with Crippen LogP contribution < -0.4 is 5.73 Å². The number of nitrogen functional groups attached to an aromatic ring is 1. The van der Waals surface area contributed by atoms with E-state index in [2.05, 4.69) is 23.2 Å². The molecule has 0 unspecified atom stereocenters. The van der Waals surface area contributed by atoms with Crippen molar-refractivity contribution in [1.82, 2.24) is 9.38 Å². The lowest BCUT2D eigenvalue weighted by atomic mass is 10.1. The fourth-order valence-electron chi connectivity index (χ4n) is 2.62. The number of hydrogen-bond acceptors (Lipinski definition) is 2. The zero-order valence-electron chi connectivity index (χ0n) is 10.8. The van der Waals surface area contributed by atoms with Crippen molar-refractivity contribution in [2.24, 2.45) is 0 Å². The van der Waals surface area contributed by atoms with Crippen LogP contribution in [-0.2, 0) is 0 Å². The zero-order valence-corrected chi connectivity index (χ0v) is 10.8. The standard InChI is InChI=1S/C17H13N3/c18-17-16(13-7-2-1-3-8-13)19-15-11-10-12-6-4-5-9-14(12)20(15)17/h1-11H,18H2. The van der Waals surface area contributed by atoms with Gasteiger partial charge < -0.3 is 5.73 Å². The van der Waals surface area contributed by atoms with E-state index in [-0.39, 0.29) is 0 Å². The summed E-state index contributed by atoms with van der Waals surface area (Å²) >= 11 is 0. The van der Waals surface area contributed by atoms with Crippen molar-refractivity contribution < 1.29 is 0 Å². The fourth-order valence-corrected chi connectivity index (χ4v) is 2.62. The van der Waals surface area contributed by atoms with Crippen LogP contribution in [0.3, 0.4) is 0 Å². The number of imidazole rings is 1. The van der Waals surface area contributed by atoms with E-state index in [0.29, 0.717) is 5.82 Å². The molecule has 0 aliphatic rings. The van der Waals surface area contributed by atoms with Gasteiger partial charge in [0.05, 0.1) is 5.52 Å². The summed E-state index contributed by atoms with van der Waals surface area (Å²) in [6.07, 6.45) is 0. The van der Waals surface area contributed by atoms with Crippen LogP contribution in [0.15, 0.2) is 66.7 Å². The summed E-state index contributed by atoms with van der Waals surface area (Å²) in [5.74, 6) is 0.683. The quantitative estimate of drug-likeness (QED) is 0.566. The first-order chi connectivity index (χ1) is 9.84. The summed E-state index contributed by atoms with van der Waals surface area (Å²) in [7, 11) is 0. The number of rotatable bonds is 1. The Morgan fingerprint density at radius 2 is 1.55 bits per heavy atom.